The van der Waals surface area contributed by atoms with Crippen LogP contribution in [-0.2, 0) is 16.0 Å². The number of carbonyl (C=O) groups excluding carboxylic acids is 2. The number of hydrogen-bond donors (Lipinski definition) is 3. The Bertz CT molecular complexity index is 562. The molecule has 0 aliphatic carbocycles. The standard InChI is InChI=1S/C16H22FN3O2S.ClH/c17-12-6-2-1-5-11(12)9-14-16(22)20-13(10-23-14)15(21)19-8-4-3-7-18;/h1-2,5-6,13-14H,3-4,7-10,18H2,(H,19,21)(H,20,22);1H. The minimum atomic E-state index is -0.526. The van der Waals surface area contributed by atoms with Gasteiger partial charge in [0.25, 0.3) is 0 Å². The molecule has 0 spiro atoms. The van der Waals surface area contributed by atoms with Gasteiger partial charge in [-0.15, -0.1) is 24.2 Å². The predicted octanol–water partition coefficient (Wildman–Crippen LogP) is 1.25. The summed E-state index contributed by atoms with van der Waals surface area (Å²) in [6.45, 7) is 1.16. The van der Waals surface area contributed by atoms with Crippen molar-refractivity contribution in [1.29, 1.82) is 0 Å². The van der Waals surface area contributed by atoms with Gasteiger partial charge in [-0.2, -0.15) is 0 Å². The molecule has 1 aliphatic rings. The lowest BCUT2D eigenvalue weighted by Gasteiger charge is -2.28. The maximum atomic E-state index is 13.7. The van der Waals surface area contributed by atoms with Crippen LogP contribution in [0.25, 0.3) is 0 Å². The first-order chi connectivity index (χ1) is 11.1. The number of hydrogen-bond acceptors (Lipinski definition) is 4. The fourth-order valence-electron chi connectivity index (χ4n) is 2.36. The Morgan fingerprint density at radius 2 is 2.12 bits per heavy atom. The average Bonchev–Trinajstić information content (AvgIpc) is 2.55. The molecular formula is C16H23ClFN3O2S. The van der Waals surface area contributed by atoms with Gasteiger partial charge in [-0.3, -0.25) is 9.59 Å². The van der Waals surface area contributed by atoms with E-state index < -0.39 is 6.04 Å². The Labute approximate surface area is 151 Å². The number of carbonyl (C=O) groups is 2. The number of rotatable bonds is 7. The van der Waals surface area contributed by atoms with Crippen LogP contribution in [0.2, 0.25) is 0 Å². The molecule has 0 aromatic heterocycles. The van der Waals surface area contributed by atoms with Crippen molar-refractivity contribution in [2.45, 2.75) is 30.6 Å². The largest absolute Gasteiger partial charge is 0.354 e. The Balaban J connectivity index is 0.00000288. The van der Waals surface area contributed by atoms with Crippen molar-refractivity contribution in [3.05, 3.63) is 35.6 Å². The number of nitrogens with one attached hydrogen (secondary N) is 2. The Morgan fingerprint density at radius 1 is 1.38 bits per heavy atom. The summed E-state index contributed by atoms with van der Waals surface area (Å²) in [5.74, 6) is -0.201. The van der Waals surface area contributed by atoms with E-state index in [1.807, 2.05) is 0 Å². The van der Waals surface area contributed by atoms with E-state index >= 15 is 0 Å². The molecule has 4 N–H and O–H groups in total. The molecule has 5 nitrogen and oxygen atoms in total. The van der Waals surface area contributed by atoms with E-state index in [9.17, 15) is 14.0 Å². The number of unbranched alkanes of at least 4 members (excludes halogenated alkanes) is 1. The van der Waals surface area contributed by atoms with Crippen LogP contribution in [0.4, 0.5) is 4.39 Å². The molecule has 2 atom stereocenters. The van der Waals surface area contributed by atoms with Gasteiger partial charge in [0, 0.05) is 12.3 Å². The molecule has 1 heterocycles. The minimum absolute atomic E-state index is 0. The highest BCUT2D eigenvalue weighted by molar-refractivity contribution is 8.00. The predicted molar refractivity (Wildman–Crippen MR) is 96.8 cm³/mol. The van der Waals surface area contributed by atoms with Crippen molar-refractivity contribution >= 4 is 36.0 Å². The first-order valence-electron chi connectivity index (χ1n) is 7.75. The van der Waals surface area contributed by atoms with Crippen LogP contribution in [0.15, 0.2) is 24.3 Å². The van der Waals surface area contributed by atoms with Crippen molar-refractivity contribution < 1.29 is 14.0 Å². The van der Waals surface area contributed by atoms with Crippen LogP contribution in [0.5, 0.6) is 0 Å². The zero-order chi connectivity index (χ0) is 16.7. The molecule has 1 aromatic rings. The Hall–Kier alpha value is -1.31. The molecule has 2 rings (SSSR count). The third kappa shape index (κ3) is 5.96. The van der Waals surface area contributed by atoms with Crippen molar-refractivity contribution in [1.82, 2.24) is 10.6 Å². The lowest BCUT2D eigenvalue weighted by molar-refractivity contribution is -0.128. The molecule has 2 amide bonds. The SMILES string of the molecule is Cl.NCCCCNC(=O)C1CSC(Cc2ccccc2F)C(=O)N1. The number of nitrogens with two attached hydrogens (primary N) is 1. The number of amides is 2. The molecule has 0 bridgehead atoms. The van der Waals surface area contributed by atoms with Gasteiger partial charge >= 0.3 is 0 Å². The monoisotopic (exact) mass is 375 g/mol. The smallest absolute Gasteiger partial charge is 0.243 e. The first kappa shape index (κ1) is 20.7. The molecule has 24 heavy (non-hydrogen) atoms. The van der Waals surface area contributed by atoms with E-state index in [0.29, 0.717) is 30.8 Å². The second-order valence-corrected chi connectivity index (χ2v) is 6.70. The zero-order valence-electron chi connectivity index (χ0n) is 13.3. The molecular weight excluding hydrogens is 353 g/mol. The minimum Gasteiger partial charge on any atom is -0.354 e. The van der Waals surface area contributed by atoms with E-state index in [2.05, 4.69) is 10.6 Å². The van der Waals surface area contributed by atoms with Gasteiger partial charge in [-0.25, -0.2) is 4.39 Å². The maximum absolute atomic E-state index is 13.7. The summed E-state index contributed by atoms with van der Waals surface area (Å²) in [6, 6.07) is 5.92. The van der Waals surface area contributed by atoms with Gasteiger partial charge in [0.05, 0.1) is 5.25 Å². The lowest BCUT2D eigenvalue weighted by Crippen LogP contribution is -2.54. The fraction of sp³-hybridized carbons (Fsp3) is 0.500. The van der Waals surface area contributed by atoms with Gasteiger partial charge in [0.15, 0.2) is 0 Å². The summed E-state index contributed by atoms with van der Waals surface area (Å²) in [7, 11) is 0. The van der Waals surface area contributed by atoms with Crippen molar-refractivity contribution in [2.24, 2.45) is 5.73 Å². The molecule has 1 aliphatic heterocycles. The summed E-state index contributed by atoms with van der Waals surface area (Å²) in [5.41, 5.74) is 5.91. The third-order valence-electron chi connectivity index (χ3n) is 3.68. The van der Waals surface area contributed by atoms with E-state index in [-0.39, 0.29) is 35.3 Å². The van der Waals surface area contributed by atoms with Crippen LogP contribution in [-0.4, -0.2) is 41.9 Å². The Kier molecular flexibility index (Phi) is 9.10. The molecule has 0 radical (unpaired) electrons. The maximum Gasteiger partial charge on any atom is 0.243 e. The summed E-state index contributed by atoms with van der Waals surface area (Å²) < 4.78 is 13.7. The highest BCUT2D eigenvalue weighted by Gasteiger charge is 2.32. The van der Waals surface area contributed by atoms with Crippen molar-refractivity contribution in [2.75, 3.05) is 18.8 Å². The third-order valence-corrected chi connectivity index (χ3v) is 4.99. The van der Waals surface area contributed by atoms with E-state index in [4.69, 9.17) is 5.73 Å². The van der Waals surface area contributed by atoms with Gasteiger partial charge in [0.1, 0.15) is 11.9 Å². The highest BCUT2D eigenvalue weighted by atomic mass is 35.5. The van der Waals surface area contributed by atoms with E-state index in [0.717, 1.165) is 12.8 Å². The summed E-state index contributed by atoms with van der Waals surface area (Å²) in [4.78, 5) is 24.1. The van der Waals surface area contributed by atoms with Crippen molar-refractivity contribution in [3.63, 3.8) is 0 Å². The fourth-order valence-corrected chi connectivity index (χ4v) is 3.53. The molecule has 1 aromatic carbocycles. The van der Waals surface area contributed by atoms with Crippen LogP contribution in [0.1, 0.15) is 18.4 Å². The number of benzene rings is 1. The lowest BCUT2D eigenvalue weighted by atomic mass is 10.1. The molecule has 2 unspecified atom stereocenters. The van der Waals surface area contributed by atoms with E-state index in [1.54, 1.807) is 18.2 Å². The molecule has 1 fully saturated rings. The second kappa shape index (κ2) is 10.5. The summed E-state index contributed by atoms with van der Waals surface area (Å²) in [6.07, 6.45) is 2.01. The number of halogens is 2. The summed E-state index contributed by atoms with van der Waals surface area (Å²) >= 11 is 1.40. The Morgan fingerprint density at radius 3 is 2.79 bits per heavy atom. The van der Waals surface area contributed by atoms with Gasteiger partial charge in [-0.1, -0.05) is 18.2 Å². The van der Waals surface area contributed by atoms with Crippen LogP contribution >= 0.6 is 24.2 Å². The highest BCUT2D eigenvalue weighted by Crippen LogP contribution is 2.23. The van der Waals surface area contributed by atoms with Gasteiger partial charge < -0.3 is 16.4 Å². The van der Waals surface area contributed by atoms with E-state index in [1.165, 1.54) is 17.8 Å². The van der Waals surface area contributed by atoms with Gasteiger partial charge in [-0.05, 0) is 37.4 Å². The second-order valence-electron chi connectivity index (χ2n) is 5.47. The topological polar surface area (TPSA) is 84.2 Å². The zero-order valence-corrected chi connectivity index (χ0v) is 14.9. The van der Waals surface area contributed by atoms with Gasteiger partial charge in [0.2, 0.25) is 11.8 Å². The molecule has 134 valence electrons. The van der Waals surface area contributed by atoms with Crippen LogP contribution in [0.3, 0.4) is 0 Å². The quantitative estimate of drug-likeness (QED) is 0.626. The molecule has 0 saturated carbocycles. The van der Waals surface area contributed by atoms with Crippen molar-refractivity contribution in [3.8, 4) is 0 Å². The first-order valence-corrected chi connectivity index (χ1v) is 8.80. The van der Waals surface area contributed by atoms with Crippen LogP contribution in [0, 0.1) is 5.82 Å². The molecule has 8 heteroatoms. The normalized spacial score (nSPS) is 20.0. The molecule has 1 saturated heterocycles. The average molecular weight is 376 g/mol. The van der Waals surface area contributed by atoms with Crippen LogP contribution < -0.4 is 16.4 Å². The number of thioether (sulfide) groups is 1. The summed E-state index contributed by atoms with van der Waals surface area (Å²) in [5, 5.41) is 5.16.